The van der Waals surface area contributed by atoms with Crippen LogP contribution in [-0.2, 0) is 4.79 Å². The molecule has 0 saturated heterocycles. The number of benzene rings is 2. The Morgan fingerprint density at radius 1 is 1.00 bits per heavy atom. The van der Waals surface area contributed by atoms with E-state index in [0.29, 0.717) is 5.92 Å². The van der Waals surface area contributed by atoms with Crippen molar-refractivity contribution >= 4 is 5.91 Å². The largest absolute Gasteiger partial charge is 0.345 e. The molecular weight excluding hydrogens is 246 g/mol. The molecule has 2 heteroatoms. The maximum Gasteiger partial charge on any atom is 0.224 e. The Morgan fingerprint density at radius 3 is 1.85 bits per heavy atom. The van der Waals surface area contributed by atoms with Gasteiger partial charge in [-0.05, 0) is 23.5 Å². The third-order valence-corrected chi connectivity index (χ3v) is 4.00. The fraction of sp³-hybridized carbons (Fsp3) is 0.278. The highest BCUT2D eigenvalue weighted by atomic mass is 16.2. The molecule has 2 atom stereocenters. The fourth-order valence-corrected chi connectivity index (χ4v) is 2.59. The van der Waals surface area contributed by atoms with Gasteiger partial charge in [0.1, 0.15) is 0 Å². The van der Waals surface area contributed by atoms with E-state index in [2.05, 4.69) is 36.5 Å². The van der Waals surface area contributed by atoms with Crippen LogP contribution in [0.1, 0.15) is 30.5 Å². The lowest BCUT2D eigenvalue weighted by molar-refractivity contribution is -0.123. The SMILES string of the molecule is CC1CC1C(=O)NC(c1ccccc1)c1ccccc1. The highest BCUT2D eigenvalue weighted by Crippen LogP contribution is 2.38. The van der Waals surface area contributed by atoms with E-state index in [0.717, 1.165) is 17.5 Å². The lowest BCUT2D eigenvalue weighted by atomic mass is 9.98. The molecular formula is C18H19NO. The van der Waals surface area contributed by atoms with Crippen LogP contribution in [0, 0.1) is 11.8 Å². The summed E-state index contributed by atoms with van der Waals surface area (Å²) in [6.45, 7) is 2.13. The van der Waals surface area contributed by atoms with E-state index in [-0.39, 0.29) is 17.9 Å². The average Bonchev–Trinajstić information content (AvgIpc) is 3.23. The zero-order valence-corrected chi connectivity index (χ0v) is 11.6. The minimum atomic E-state index is -0.0577. The lowest BCUT2D eigenvalue weighted by Crippen LogP contribution is -2.30. The van der Waals surface area contributed by atoms with Crippen molar-refractivity contribution < 1.29 is 4.79 Å². The van der Waals surface area contributed by atoms with Gasteiger partial charge in [0.05, 0.1) is 6.04 Å². The third kappa shape index (κ3) is 2.74. The molecule has 1 aliphatic carbocycles. The Balaban J connectivity index is 1.86. The van der Waals surface area contributed by atoms with E-state index >= 15 is 0 Å². The van der Waals surface area contributed by atoms with Gasteiger partial charge < -0.3 is 5.32 Å². The zero-order valence-electron chi connectivity index (χ0n) is 11.6. The van der Waals surface area contributed by atoms with Crippen molar-refractivity contribution in [2.75, 3.05) is 0 Å². The molecule has 0 aromatic heterocycles. The molecule has 0 spiro atoms. The molecule has 102 valence electrons. The van der Waals surface area contributed by atoms with Gasteiger partial charge in [-0.3, -0.25) is 4.79 Å². The molecule has 1 amide bonds. The van der Waals surface area contributed by atoms with E-state index in [1.165, 1.54) is 0 Å². The van der Waals surface area contributed by atoms with Crippen LogP contribution in [0.5, 0.6) is 0 Å². The van der Waals surface area contributed by atoms with Crippen LogP contribution < -0.4 is 5.32 Å². The number of nitrogens with one attached hydrogen (secondary N) is 1. The Bertz CT molecular complexity index is 539. The zero-order chi connectivity index (χ0) is 13.9. The van der Waals surface area contributed by atoms with Crippen molar-refractivity contribution in [1.29, 1.82) is 0 Å². The molecule has 1 aliphatic rings. The van der Waals surface area contributed by atoms with Crippen LogP contribution in [-0.4, -0.2) is 5.91 Å². The lowest BCUT2D eigenvalue weighted by Gasteiger charge is -2.20. The van der Waals surface area contributed by atoms with E-state index in [9.17, 15) is 4.79 Å². The van der Waals surface area contributed by atoms with Gasteiger partial charge in [-0.25, -0.2) is 0 Å². The van der Waals surface area contributed by atoms with Gasteiger partial charge in [-0.15, -0.1) is 0 Å². The highest BCUT2D eigenvalue weighted by Gasteiger charge is 2.39. The van der Waals surface area contributed by atoms with E-state index in [4.69, 9.17) is 0 Å². The van der Waals surface area contributed by atoms with E-state index in [1.807, 2.05) is 36.4 Å². The van der Waals surface area contributed by atoms with Gasteiger partial charge in [0, 0.05) is 5.92 Å². The van der Waals surface area contributed by atoms with Crippen LogP contribution >= 0.6 is 0 Å². The maximum absolute atomic E-state index is 12.3. The van der Waals surface area contributed by atoms with Gasteiger partial charge in [0.2, 0.25) is 5.91 Å². The summed E-state index contributed by atoms with van der Waals surface area (Å²) in [7, 11) is 0. The normalized spacial score (nSPS) is 20.7. The quantitative estimate of drug-likeness (QED) is 0.900. The monoisotopic (exact) mass is 265 g/mol. The van der Waals surface area contributed by atoms with Crippen molar-refractivity contribution in [3.05, 3.63) is 71.8 Å². The second kappa shape index (κ2) is 5.49. The molecule has 3 rings (SSSR count). The topological polar surface area (TPSA) is 29.1 Å². The molecule has 20 heavy (non-hydrogen) atoms. The Hall–Kier alpha value is -2.09. The molecule has 0 radical (unpaired) electrons. The Morgan fingerprint density at radius 2 is 1.45 bits per heavy atom. The number of carbonyl (C=O) groups is 1. The van der Waals surface area contributed by atoms with Gasteiger partial charge in [-0.1, -0.05) is 67.6 Å². The smallest absolute Gasteiger partial charge is 0.224 e. The van der Waals surface area contributed by atoms with Crippen molar-refractivity contribution in [3.63, 3.8) is 0 Å². The van der Waals surface area contributed by atoms with Crippen molar-refractivity contribution in [2.24, 2.45) is 11.8 Å². The summed E-state index contributed by atoms with van der Waals surface area (Å²) in [6.07, 6.45) is 1.02. The van der Waals surface area contributed by atoms with Crippen molar-refractivity contribution in [3.8, 4) is 0 Å². The van der Waals surface area contributed by atoms with E-state index < -0.39 is 0 Å². The minimum absolute atomic E-state index is 0.0577. The summed E-state index contributed by atoms with van der Waals surface area (Å²) in [5, 5.41) is 3.20. The summed E-state index contributed by atoms with van der Waals surface area (Å²) < 4.78 is 0. The summed E-state index contributed by atoms with van der Waals surface area (Å²) in [4.78, 5) is 12.3. The highest BCUT2D eigenvalue weighted by molar-refractivity contribution is 5.82. The van der Waals surface area contributed by atoms with E-state index in [1.54, 1.807) is 0 Å². The average molecular weight is 265 g/mol. The Labute approximate surface area is 119 Å². The van der Waals surface area contributed by atoms with Gasteiger partial charge in [0.15, 0.2) is 0 Å². The summed E-state index contributed by atoms with van der Waals surface area (Å²) in [6, 6.07) is 20.2. The molecule has 1 N–H and O–H groups in total. The van der Waals surface area contributed by atoms with Crippen LogP contribution in [0.4, 0.5) is 0 Å². The molecule has 2 nitrogen and oxygen atoms in total. The summed E-state index contributed by atoms with van der Waals surface area (Å²) in [5.41, 5.74) is 2.25. The van der Waals surface area contributed by atoms with Crippen LogP contribution in [0.25, 0.3) is 0 Å². The first-order chi connectivity index (χ1) is 9.75. The Kier molecular flexibility index (Phi) is 3.55. The molecule has 2 aromatic carbocycles. The number of amides is 1. The maximum atomic E-state index is 12.3. The molecule has 2 aromatic rings. The van der Waals surface area contributed by atoms with Crippen LogP contribution in [0.3, 0.4) is 0 Å². The predicted molar refractivity (Wildman–Crippen MR) is 80.1 cm³/mol. The first kappa shape index (κ1) is 12.9. The first-order valence-corrected chi connectivity index (χ1v) is 7.16. The predicted octanol–water partition coefficient (Wildman–Crippen LogP) is 3.55. The molecule has 1 fully saturated rings. The first-order valence-electron chi connectivity index (χ1n) is 7.16. The van der Waals surface area contributed by atoms with Crippen LogP contribution in [0.15, 0.2) is 60.7 Å². The number of rotatable bonds is 4. The van der Waals surface area contributed by atoms with Gasteiger partial charge in [0.25, 0.3) is 0 Å². The second-order valence-corrected chi connectivity index (χ2v) is 5.58. The molecule has 0 bridgehead atoms. The molecule has 0 aliphatic heterocycles. The molecule has 2 unspecified atom stereocenters. The number of hydrogen-bond donors (Lipinski definition) is 1. The summed E-state index contributed by atoms with van der Waals surface area (Å²) >= 11 is 0. The standard InChI is InChI=1S/C18H19NO/c1-13-12-16(13)18(20)19-17(14-8-4-2-5-9-14)15-10-6-3-7-11-15/h2-11,13,16-17H,12H2,1H3,(H,19,20). The molecule has 1 saturated carbocycles. The van der Waals surface area contributed by atoms with Gasteiger partial charge in [-0.2, -0.15) is 0 Å². The number of carbonyl (C=O) groups excluding carboxylic acids is 1. The van der Waals surface area contributed by atoms with Crippen molar-refractivity contribution in [2.45, 2.75) is 19.4 Å². The van der Waals surface area contributed by atoms with Crippen molar-refractivity contribution in [1.82, 2.24) is 5.32 Å². The minimum Gasteiger partial charge on any atom is -0.345 e. The van der Waals surface area contributed by atoms with Gasteiger partial charge >= 0.3 is 0 Å². The second-order valence-electron chi connectivity index (χ2n) is 5.58. The third-order valence-electron chi connectivity index (χ3n) is 4.00. The molecule has 0 heterocycles. The number of hydrogen-bond acceptors (Lipinski definition) is 1. The fourth-order valence-electron chi connectivity index (χ4n) is 2.59. The van der Waals surface area contributed by atoms with Crippen LogP contribution in [0.2, 0.25) is 0 Å². The summed E-state index contributed by atoms with van der Waals surface area (Å²) in [5.74, 6) is 0.905.